The average Bonchev–Trinajstić information content (AvgIpc) is 2.72. The first kappa shape index (κ1) is 19.0. The van der Waals surface area contributed by atoms with E-state index in [2.05, 4.69) is 27.3 Å². The van der Waals surface area contributed by atoms with Crippen molar-refractivity contribution >= 4 is 17.3 Å². The molecule has 1 fully saturated rings. The van der Waals surface area contributed by atoms with Crippen molar-refractivity contribution < 1.29 is 14.1 Å². The number of rotatable bonds is 5. The Morgan fingerprint density at radius 2 is 2.07 bits per heavy atom. The minimum absolute atomic E-state index is 0.263. The SMILES string of the molecule is CC[NH+]1CCN(c2ccc(/C(C)=N\NC(=O)c3cccnc3)cc2F)CC1. The average molecular weight is 370 g/mol. The molecule has 0 saturated carbocycles. The highest BCUT2D eigenvalue weighted by Crippen LogP contribution is 2.21. The third kappa shape index (κ3) is 4.68. The first-order chi connectivity index (χ1) is 13.1. The van der Waals surface area contributed by atoms with Crippen molar-refractivity contribution in [3.8, 4) is 0 Å². The van der Waals surface area contributed by atoms with Crippen LogP contribution < -0.4 is 15.2 Å². The molecular formula is C20H25FN5O+. The van der Waals surface area contributed by atoms with Crippen LogP contribution >= 0.6 is 0 Å². The fraction of sp³-hybridized carbons (Fsp3) is 0.350. The molecule has 27 heavy (non-hydrogen) atoms. The molecular weight excluding hydrogens is 345 g/mol. The highest BCUT2D eigenvalue weighted by Gasteiger charge is 2.21. The number of likely N-dealkylation sites (N-methyl/N-ethyl adjacent to an activating group) is 1. The zero-order valence-electron chi connectivity index (χ0n) is 15.7. The molecule has 3 rings (SSSR count). The number of anilines is 1. The Kier molecular flexibility index (Phi) is 6.13. The highest BCUT2D eigenvalue weighted by molar-refractivity contribution is 6.01. The van der Waals surface area contributed by atoms with Crippen LogP contribution in [0.3, 0.4) is 0 Å². The van der Waals surface area contributed by atoms with E-state index >= 15 is 0 Å². The van der Waals surface area contributed by atoms with Gasteiger partial charge in [-0.25, -0.2) is 9.82 Å². The molecule has 1 aromatic heterocycles. The number of aromatic nitrogens is 1. The van der Waals surface area contributed by atoms with Gasteiger partial charge in [0.2, 0.25) is 0 Å². The number of carbonyl (C=O) groups is 1. The maximum atomic E-state index is 14.6. The van der Waals surface area contributed by atoms with Gasteiger partial charge in [0.25, 0.3) is 5.91 Å². The van der Waals surface area contributed by atoms with Crippen molar-refractivity contribution in [1.29, 1.82) is 0 Å². The van der Waals surface area contributed by atoms with Crippen LogP contribution in [0, 0.1) is 5.82 Å². The number of pyridine rings is 1. The molecule has 0 radical (unpaired) electrons. The minimum atomic E-state index is -0.351. The lowest BCUT2D eigenvalue weighted by atomic mass is 10.1. The van der Waals surface area contributed by atoms with Crippen molar-refractivity contribution in [3.05, 3.63) is 59.7 Å². The van der Waals surface area contributed by atoms with Crippen LogP contribution in [0.1, 0.15) is 29.8 Å². The predicted octanol–water partition coefficient (Wildman–Crippen LogP) is 1.10. The molecule has 1 aliphatic heterocycles. The summed E-state index contributed by atoms with van der Waals surface area (Å²) in [5.74, 6) is -0.614. The summed E-state index contributed by atoms with van der Waals surface area (Å²) in [6.07, 6.45) is 3.06. The molecule has 2 N–H and O–H groups in total. The van der Waals surface area contributed by atoms with E-state index in [0.29, 0.717) is 22.5 Å². The topological polar surface area (TPSA) is 62.0 Å². The van der Waals surface area contributed by atoms with Crippen LogP contribution in [0.15, 0.2) is 47.8 Å². The summed E-state index contributed by atoms with van der Waals surface area (Å²) in [5, 5.41) is 4.08. The van der Waals surface area contributed by atoms with Crippen molar-refractivity contribution in [2.45, 2.75) is 13.8 Å². The zero-order chi connectivity index (χ0) is 19.2. The number of nitrogens with one attached hydrogen (secondary N) is 2. The lowest BCUT2D eigenvalue weighted by molar-refractivity contribution is -0.898. The van der Waals surface area contributed by atoms with Crippen LogP contribution in [-0.2, 0) is 0 Å². The van der Waals surface area contributed by atoms with Crippen LogP contribution in [0.4, 0.5) is 10.1 Å². The van der Waals surface area contributed by atoms with Crippen molar-refractivity contribution in [3.63, 3.8) is 0 Å². The molecule has 0 atom stereocenters. The molecule has 1 aromatic carbocycles. The zero-order valence-corrected chi connectivity index (χ0v) is 15.7. The van der Waals surface area contributed by atoms with E-state index in [1.54, 1.807) is 36.2 Å². The molecule has 0 bridgehead atoms. The molecule has 0 spiro atoms. The Balaban J connectivity index is 1.66. The van der Waals surface area contributed by atoms with E-state index in [1.807, 2.05) is 6.07 Å². The summed E-state index contributed by atoms with van der Waals surface area (Å²) in [7, 11) is 0. The Labute approximate surface area is 158 Å². The largest absolute Gasteiger partial charge is 0.358 e. The Hall–Kier alpha value is -2.80. The van der Waals surface area contributed by atoms with Crippen molar-refractivity contribution in [2.24, 2.45) is 5.10 Å². The summed E-state index contributed by atoms with van der Waals surface area (Å²) < 4.78 is 14.6. The molecule has 2 aromatic rings. The van der Waals surface area contributed by atoms with Gasteiger partial charge in [0.05, 0.1) is 49.7 Å². The maximum absolute atomic E-state index is 14.6. The first-order valence-electron chi connectivity index (χ1n) is 9.21. The minimum Gasteiger partial charge on any atom is -0.358 e. The summed E-state index contributed by atoms with van der Waals surface area (Å²) in [5.41, 5.74) is 4.70. The molecule has 0 aliphatic carbocycles. The van der Waals surface area contributed by atoms with E-state index in [9.17, 15) is 9.18 Å². The van der Waals surface area contributed by atoms with Gasteiger partial charge in [0.1, 0.15) is 5.82 Å². The van der Waals surface area contributed by atoms with Crippen molar-refractivity contribution in [2.75, 3.05) is 37.6 Å². The Bertz CT molecular complexity index is 816. The van der Waals surface area contributed by atoms with E-state index < -0.39 is 0 Å². The first-order valence-corrected chi connectivity index (χ1v) is 9.21. The molecule has 7 heteroatoms. The van der Waals surface area contributed by atoms with Gasteiger partial charge >= 0.3 is 0 Å². The van der Waals surface area contributed by atoms with Crippen LogP contribution in [0.5, 0.6) is 0 Å². The molecule has 1 saturated heterocycles. The fourth-order valence-electron chi connectivity index (χ4n) is 3.17. The lowest BCUT2D eigenvalue weighted by Gasteiger charge is -2.33. The van der Waals surface area contributed by atoms with E-state index in [0.717, 1.165) is 32.7 Å². The van der Waals surface area contributed by atoms with Gasteiger partial charge in [-0.3, -0.25) is 9.78 Å². The quantitative estimate of drug-likeness (QED) is 0.612. The maximum Gasteiger partial charge on any atom is 0.272 e. The van der Waals surface area contributed by atoms with Gasteiger partial charge in [-0.2, -0.15) is 5.10 Å². The van der Waals surface area contributed by atoms with Gasteiger partial charge in [-0.15, -0.1) is 0 Å². The molecule has 2 heterocycles. The normalized spacial score (nSPS) is 15.7. The Morgan fingerprint density at radius 3 is 2.70 bits per heavy atom. The van der Waals surface area contributed by atoms with Gasteiger partial charge in [-0.1, -0.05) is 6.07 Å². The van der Waals surface area contributed by atoms with Crippen molar-refractivity contribution in [1.82, 2.24) is 10.4 Å². The molecule has 0 unspecified atom stereocenters. The van der Waals surface area contributed by atoms with Gasteiger partial charge in [0.15, 0.2) is 0 Å². The van der Waals surface area contributed by atoms with Crippen LogP contribution in [0.2, 0.25) is 0 Å². The monoisotopic (exact) mass is 370 g/mol. The van der Waals surface area contributed by atoms with E-state index in [-0.39, 0.29) is 11.7 Å². The third-order valence-electron chi connectivity index (χ3n) is 4.93. The molecule has 6 nitrogen and oxygen atoms in total. The third-order valence-corrected chi connectivity index (χ3v) is 4.93. The summed E-state index contributed by atoms with van der Waals surface area (Å²) in [6.45, 7) is 8.78. The van der Waals surface area contributed by atoms with E-state index in [1.165, 1.54) is 12.3 Å². The van der Waals surface area contributed by atoms with Crippen LogP contribution in [-0.4, -0.2) is 49.3 Å². The summed E-state index contributed by atoms with van der Waals surface area (Å²) >= 11 is 0. The van der Waals surface area contributed by atoms with E-state index in [4.69, 9.17) is 0 Å². The highest BCUT2D eigenvalue weighted by atomic mass is 19.1. The molecule has 1 amide bonds. The number of hydrogen-bond acceptors (Lipinski definition) is 4. The standard InChI is InChI=1S/C20H24FN5O/c1-3-25-9-11-26(12-10-25)19-7-6-16(13-18(19)21)15(2)23-24-20(27)17-5-4-8-22-14-17/h4-8,13-14H,3,9-12H2,1-2H3,(H,24,27)/p+1/b23-15-. The van der Waals surface area contributed by atoms with Gasteiger partial charge in [0, 0.05) is 18.0 Å². The number of nitrogens with zero attached hydrogens (tertiary/aromatic N) is 3. The number of hydrogen-bond donors (Lipinski definition) is 2. The Morgan fingerprint density at radius 1 is 1.30 bits per heavy atom. The molecule has 1 aliphatic rings. The smallest absolute Gasteiger partial charge is 0.272 e. The molecule has 142 valence electrons. The summed E-state index contributed by atoms with van der Waals surface area (Å²) in [4.78, 5) is 19.6. The summed E-state index contributed by atoms with van der Waals surface area (Å²) in [6, 6.07) is 8.45. The second kappa shape index (κ2) is 8.73. The number of carbonyl (C=O) groups excluding carboxylic acids is 1. The van der Waals surface area contributed by atoms with Crippen LogP contribution in [0.25, 0.3) is 0 Å². The number of hydrazone groups is 1. The second-order valence-electron chi connectivity index (χ2n) is 6.64. The lowest BCUT2D eigenvalue weighted by Crippen LogP contribution is -3.14. The predicted molar refractivity (Wildman–Crippen MR) is 104 cm³/mol. The number of piperazine rings is 1. The number of benzene rings is 1. The second-order valence-corrected chi connectivity index (χ2v) is 6.64. The van der Waals surface area contributed by atoms with Gasteiger partial charge in [-0.05, 0) is 38.1 Å². The van der Waals surface area contributed by atoms with Gasteiger partial charge < -0.3 is 9.80 Å². The number of quaternary nitrogens is 1. The fourth-order valence-corrected chi connectivity index (χ4v) is 3.17. The number of amides is 1. The number of halogens is 1.